The number of aromatic nitrogens is 4. The van der Waals surface area contributed by atoms with Gasteiger partial charge in [0.2, 0.25) is 5.78 Å². The zero-order valence-corrected chi connectivity index (χ0v) is 21.8. The van der Waals surface area contributed by atoms with Crippen molar-refractivity contribution < 1.29 is 4.74 Å². The molecule has 1 fully saturated rings. The molecule has 7 heteroatoms. The van der Waals surface area contributed by atoms with Crippen LogP contribution in [0, 0.1) is 0 Å². The summed E-state index contributed by atoms with van der Waals surface area (Å²) in [6, 6.07) is 16.3. The fourth-order valence-corrected chi connectivity index (χ4v) is 7.17. The monoisotopic (exact) mass is 500 g/mol. The first-order valence-electron chi connectivity index (χ1n) is 13.1. The second-order valence-electron chi connectivity index (χ2n) is 10.1. The maximum atomic E-state index is 14.6. The minimum Gasteiger partial charge on any atom is -0.497 e. The van der Waals surface area contributed by atoms with E-state index in [0.29, 0.717) is 11.5 Å². The first-order valence-corrected chi connectivity index (χ1v) is 14.1. The van der Waals surface area contributed by atoms with E-state index >= 15 is 0 Å². The van der Waals surface area contributed by atoms with Gasteiger partial charge in [0, 0.05) is 28.4 Å². The lowest BCUT2D eigenvalue weighted by molar-refractivity contribution is 0.284. The fourth-order valence-electron chi connectivity index (χ4n) is 6.15. The molecule has 36 heavy (non-hydrogen) atoms. The molecule has 6 rings (SSSR count). The van der Waals surface area contributed by atoms with E-state index in [-0.39, 0.29) is 11.0 Å². The van der Waals surface area contributed by atoms with E-state index < -0.39 is 0 Å². The minimum atomic E-state index is -0.163. The van der Waals surface area contributed by atoms with Crippen molar-refractivity contribution >= 4 is 17.5 Å². The molecular weight excluding hydrogens is 468 g/mol. The minimum absolute atomic E-state index is 0.0275. The van der Waals surface area contributed by atoms with Gasteiger partial charge < -0.3 is 4.74 Å². The van der Waals surface area contributed by atoms with Gasteiger partial charge in [-0.3, -0.25) is 9.20 Å². The van der Waals surface area contributed by atoms with Gasteiger partial charge in [0.1, 0.15) is 5.75 Å². The Morgan fingerprint density at radius 3 is 2.69 bits per heavy atom. The third kappa shape index (κ3) is 3.67. The Hall–Kier alpha value is -3.06. The highest BCUT2D eigenvalue weighted by molar-refractivity contribution is 7.99. The van der Waals surface area contributed by atoms with E-state index in [0.717, 1.165) is 78.4 Å². The van der Waals surface area contributed by atoms with E-state index in [1.165, 1.54) is 12.0 Å². The van der Waals surface area contributed by atoms with E-state index in [4.69, 9.17) is 4.74 Å². The molecule has 0 bridgehead atoms. The van der Waals surface area contributed by atoms with Gasteiger partial charge in [0.15, 0.2) is 5.16 Å². The Labute approximate surface area is 215 Å². The number of fused-ring (bicyclic) bond motifs is 6. The Balaban J connectivity index is 1.73. The Morgan fingerprint density at radius 2 is 1.89 bits per heavy atom. The van der Waals surface area contributed by atoms with Crippen molar-refractivity contribution in [3.63, 3.8) is 0 Å². The maximum absolute atomic E-state index is 14.6. The zero-order chi connectivity index (χ0) is 24.7. The molecule has 0 aliphatic heterocycles. The van der Waals surface area contributed by atoms with E-state index in [1.807, 2.05) is 24.3 Å². The number of benzene rings is 2. The standard InChI is InChI=1S/C29H32N4O2S/c1-3-4-17-36-28-31-30-27-32(21-12-10-13-22(18-21)35-2)26(34)24-25(33(27)28)23-14-7-6-11-20(23)19-29(24)15-8-5-9-16-29/h6-7,10-14,18H,3-5,8-9,15-17,19H2,1-2H3. The third-order valence-electron chi connectivity index (χ3n) is 7.88. The van der Waals surface area contributed by atoms with Gasteiger partial charge in [0.05, 0.1) is 18.5 Å². The van der Waals surface area contributed by atoms with Crippen LogP contribution in [0.5, 0.6) is 5.75 Å². The summed E-state index contributed by atoms with van der Waals surface area (Å²) in [6.45, 7) is 2.20. The van der Waals surface area contributed by atoms with Gasteiger partial charge in [-0.1, -0.05) is 74.7 Å². The predicted molar refractivity (Wildman–Crippen MR) is 145 cm³/mol. The SMILES string of the molecule is CCCCSc1nnc2n(-c3cccc(OC)c3)c(=O)c3c(n12)-c1ccccc1CC31CCCCC1. The fraction of sp³-hybridized carbons (Fsp3) is 0.414. The molecule has 2 aromatic carbocycles. The lowest BCUT2D eigenvalue weighted by atomic mass is 9.62. The third-order valence-corrected chi connectivity index (χ3v) is 8.89. The summed E-state index contributed by atoms with van der Waals surface area (Å²) in [4.78, 5) is 14.6. The molecule has 0 N–H and O–H groups in total. The number of unbranched alkanes of at least 4 members (excludes halogenated alkanes) is 1. The van der Waals surface area contributed by atoms with E-state index in [9.17, 15) is 4.79 Å². The summed E-state index contributed by atoms with van der Waals surface area (Å²) in [6.07, 6.45) is 8.75. The lowest BCUT2D eigenvalue weighted by Crippen LogP contribution is -2.43. The van der Waals surface area contributed by atoms with Crippen LogP contribution in [-0.4, -0.2) is 32.0 Å². The van der Waals surface area contributed by atoms with Crippen molar-refractivity contribution in [2.45, 2.75) is 68.9 Å². The molecule has 1 saturated carbocycles. The van der Waals surface area contributed by atoms with Crippen molar-refractivity contribution in [3.8, 4) is 22.7 Å². The highest BCUT2D eigenvalue weighted by atomic mass is 32.2. The second kappa shape index (κ2) is 9.43. The number of methoxy groups -OCH3 is 1. The van der Waals surface area contributed by atoms with Crippen LogP contribution in [0.25, 0.3) is 22.7 Å². The molecule has 186 valence electrons. The molecule has 2 aromatic heterocycles. The Kier molecular flexibility index (Phi) is 6.12. The summed E-state index contributed by atoms with van der Waals surface area (Å²) >= 11 is 1.73. The van der Waals surface area contributed by atoms with Crippen molar-refractivity contribution in [2.24, 2.45) is 0 Å². The molecular formula is C29H32N4O2S. The number of nitrogens with zero attached hydrogens (tertiary/aromatic N) is 4. The second-order valence-corrected chi connectivity index (χ2v) is 11.1. The molecule has 6 nitrogen and oxygen atoms in total. The van der Waals surface area contributed by atoms with Gasteiger partial charge in [-0.05, 0) is 43.4 Å². The molecule has 2 heterocycles. The summed E-state index contributed by atoms with van der Waals surface area (Å²) in [7, 11) is 1.65. The summed E-state index contributed by atoms with van der Waals surface area (Å²) in [5.41, 5.74) is 5.03. The number of hydrogen-bond acceptors (Lipinski definition) is 5. The van der Waals surface area contributed by atoms with Gasteiger partial charge in [-0.2, -0.15) is 0 Å². The molecule has 0 amide bonds. The lowest BCUT2D eigenvalue weighted by Gasteiger charge is -2.42. The topological polar surface area (TPSA) is 61.4 Å². The van der Waals surface area contributed by atoms with Crippen molar-refractivity contribution in [1.29, 1.82) is 0 Å². The molecule has 2 aliphatic carbocycles. The summed E-state index contributed by atoms with van der Waals surface area (Å²) < 4.78 is 9.44. The van der Waals surface area contributed by atoms with Gasteiger partial charge in [-0.25, -0.2) is 4.57 Å². The smallest absolute Gasteiger partial charge is 0.263 e. The molecule has 0 unspecified atom stereocenters. The molecule has 2 aliphatic rings. The number of thioether (sulfide) groups is 1. The van der Waals surface area contributed by atoms with Crippen molar-refractivity contribution in [2.75, 3.05) is 12.9 Å². The maximum Gasteiger partial charge on any atom is 0.263 e. The molecule has 0 radical (unpaired) electrons. The van der Waals surface area contributed by atoms with Crippen LogP contribution in [0.15, 0.2) is 58.5 Å². The Morgan fingerprint density at radius 1 is 1.06 bits per heavy atom. The number of rotatable bonds is 6. The predicted octanol–water partition coefficient (Wildman–Crippen LogP) is 6.21. The van der Waals surface area contributed by atoms with Crippen LogP contribution in [-0.2, 0) is 11.8 Å². The number of hydrogen-bond donors (Lipinski definition) is 0. The van der Waals surface area contributed by atoms with Gasteiger partial charge in [-0.15, -0.1) is 10.2 Å². The van der Waals surface area contributed by atoms with Crippen molar-refractivity contribution in [1.82, 2.24) is 19.2 Å². The first-order chi connectivity index (χ1) is 17.7. The summed E-state index contributed by atoms with van der Waals surface area (Å²) in [5, 5.41) is 10.1. The average molecular weight is 501 g/mol. The van der Waals surface area contributed by atoms with Gasteiger partial charge in [0.25, 0.3) is 5.56 Å². The molecule has 0 saturated heterocycles. The molecule has 0 atom stereocenters. The summed E-state index contributed by atoms with van der Waals surface area (Å²) in [5.74, 6) is 2.25. The highest BCUT2D eigenvalue weighted by Crippen LogP contribution is 2.49. The quantitative estimate of drug-likeness (QED) is 0.233. The van der Waals surface area contributed by atoms with Gasteiger partial charge >= 0.3 is 0 Å². The van der Waals surface area contributed by atoms with Crippen LogP contribution in [0.3, 0.4) is 0 Å². The highest BCUT2D eigenvalue weighted by Gasteiger charge is 2.44. The largest absolute Gasteiger partial charge is 0.497 e. The van der Waals surface area contributed by atoms with E-state index in [1.54, 1.807) is 23.4 Å². The number of ether oxygens (including phenoxy) is 1. The Bertz CT molecular complexity index is 1480. The molecule has 4 aromatic rings. The van der Waals surface area contributed by atoms with Crippen LogP contribution in [0.2, 0.25) is 0 Å². The van der Waals surface area contributed by atoms with Crippen LogP contribution in [0.1, 0.15) is 63.0 Å². The van der Waals surface area contributed by atoms with E-state index in [2.05, 4.69) is 45.8 Å². The average Bonchev–Trinajstić information content (AvgIpc) is 3.32. The van der Waals surface area contributed by atoms with Crippen LogP contribution < -0.4 is 10.3 Å². The normalized spacial score (nSPS) is 16.2. The first kappa shape index (κ1) is 23.3. The molecule has 1 spiro atoms. The van der Waals surface area contributed by atoms with Crippen molar-refractivity contribution in [3.05, 3.63) is 70.0 Å². The van der Waals surface area contributed by atoms with Crippen LogP contribution in [0.4, 0.5) is 0 Å². The van der Waals surface area contributed by atoms with Crippen LogP contribution >= 0.6 is 11.8 Å². The zero-order valence-electron chi connectivity index (χ0n) is 21.0.